The molecule has 0 spiro atoms. The molecule has 0 saturated carbocycles. The van der Waals surface area contributed by atoms with E-state index in [-0.39, 0.29) is 5.56 Å². The van der Waals surface area contributed by atoms with Crippen LogP contribution in [0.2, 0.25) is 0 Å². The van der Waals surface area contributed by atoms with Crippen LogP contribution < -0.4 is 20.7 Å². The van der Waals surface area contributed by atoms with E-state index in [1.54, 1.807) is 0 Å². The first-order valence-electron chi connectivity index (χ1n) is 7.20. The van der Waals surface area contributed by atoms with Gasteiger partial charge in [-0.1, -0.05) is 12.1 Å². The van der Waals surface area contributed by atoms with Crippen LogP contribution in [0.25, 0.3) is 0 Å². The SMILES string of the molecule is CC(=O)NC1(C(=O)NCc2cccc(OC(F)(F)F)c2F)C=NC=CN1. The van der Waals surface area contributed by atoms with Crippen LogP contribution in [-0.2, 0) is 16.1 Å². The number of carbonyl (C=O) groups excluding carboxylic acids is 2. The molecule has 1 aromatic carbocycles. The topological polar surface area (TPSA) is 91.8 Å². The van der Waals surface area contributed by atoms with Gasteiger partial charge in [0.15, 0.2) is 11.6 Å². The molecule has 1 unspecified atom stereocenters. The van der Waals surface area contributed by atoms with Gasteiger partial charge in [0.2, 0.25) is 11.6 Å². The first-order valence-corrected chi connectivity index (χ1v) is 7.20. The summed E-state index contributed by atoms with van der Waals surface area (Å²) in [5.74, 6) is -3.60. The molecule has 1 aliphatic rings. The Kier molecular flexibility index (Phi) is 5.48. The lowest BCUT2D eigenvalue weighted by molar-refractivity contribution is -0.275. The molecule has 1 aliphatic heterocycles. The second-order valence-electron chi connectivity index (χ2n) is 5.19. The molecule has 0 saturated heterocycles. The van der Waals surface area contributed by atoms with Crippen LogP contribution in [-0.4, -0.2) is 30.1 Å². The molecule has 26 heavy (non-hydrogen) atoms. The number of aliphatic imine (C=N–C) groups is 1. The van der Waals surface area contributed by atoms with E-state index in [1.165, 1.54) is 25.4 Å². The number of carbonyl (C=O) groups is 2. The highest BCUT2D eigenvalue weighted by molar-refractivity contribution is 6.06. The summed E-state index contributed by atoms with van der Waals surface area (Å²) in [5.41, 5.74) is -1.93. The molecule has 0 radical (unpaired) electrons. The van der Waals surface area contributed by atoms with Gasteiger partial charge in [0.25, 0.3) is 5.91 Å². The lowest BCUT2D eigenvalue weighted by Gasteiger charge is -2.30. The number of alkyl halides is 3. The minimum Gasteiger partial charge on any atom is -0.403 e. The third kappa shape index (κ3) is 4.71. The number of halogens is 4. The molecule has 11 heteroatoms. The summed E-state index contributed by atoms with van der Waals surface area (Å²) >= 11 is 0. The zero-order valence-corrected chi connectivity index (χ0v) is 13.4. The predicted molar refractivity (Wildman–Crippen MR) is 82.2 cm³/mol. The van der Waals surface area contributed by atoms with E-state index >= 15 is 0 Å². The first-order chi connectivity index (χ1) is 12.1. The van der Waals surface area contributed by atoms with E-state index in [0.29, 0.717) is 0 Å². The van der Waals surface area contributed by atoms with Gasteiger partial charge in [0.05, 0.1) is 6.21 Å². The van der Waals surface area contributed by atoms with Gasteiger partial charge >= 0.3 is 6.36 Å². The van der Waals surface area contributed by atoms with Crippen molar-refractivity contribution in [2.75, 3.05) is 0 Å². The summed E-state index contributed by atoms with van der Waals surface area (Å²) < 4.78 is 54.4. The van der Waals surface area contributed by atoms with Crippen LogP contribution in [0.5, 0.6) is 5.75 Å². The maximum Gasteiger partial charge on any atom is 0.573 e. The van der Waals surface area contributed by atoms with Crippen LogP contribution in [0.1, 0.15) is 12.5 Å². The van der Waals surface area contributed by atoms with Gasteiger partial charge in [0.1, 0.15) is 0 Å². The fourth-order valence-corrected chi connectivity index (χ4v) is 2.14. The van der Waals surface area contributed by atoms with Crippen molar-refractivity contribution in [1.29, 1.82) is 0 Å². The molecular weight excluding hydrogens is 360 g/mol. The van der Waals surface area contributed by atoms with Crippen molar-refractivity contribution < 1.29 is 31.9 Å². The summed E-state index contributed by atoms with van der Waals surface area (Å²) in [6.07, 6.45) is -1.27. The molecule has 3 N–H and O–H groups in total. The highest BCUT2D eigenvalue weighted by Gasteiger charge is 2.38. The Morgan fingerprint density at radius 1 is 1.35 bits per heavy atom. The van der Waals surface area contributed by atoms with Crippen molar-refractivity contribution in [3.63, 3.8) is 0 Å². The number of ether oxygens (including phenoxy) is 1. The van der Waals surface area contributed by atoms with Crippen LogP contribution >= 0.6 is 0 Å². The standard InChI is InChI=1S/C15H14F4N4O3/c1-9(24)23-14(8-20-5-6-22-14)13(25)21-7-10-3-2-4-11(12(10)16)26-15(17,18)19/h2-6,8,22H,7H2,1H3,(H,21,25)(H,23,24). The molecule has 0 aliphatic carbocycles. The Balaban J connectivity index is 2.13. The molecule has 2 amide bonds. The van der Waals surface area contributed by atoms with Gasteiger partial charge in [-0.3, -0.25) is 14.6 Å². The quantitative estimate of drug-likeness (QED) is 0.678. The van der Waals surface area contributed by atoms with Gasteiger partial charge in [-0.2, -0.15) is 0 Å². The average Bonchev–Trinajstić information content (AvgIpc) is 2.54. The number of nitrogens with one attached hydrogen (secondary N) is 3. The van der Waals surface area contributed by atoms with Crippen LogP contribution in [0.15, 0.2) is 35.6 Å². The number of hydrogen-bond acceptors (Lipinski definition) is 5. The zero-order chi connectivity index (χ0) is 19.4. The Bertz CT molecular complexity index is 764. The Hall–Kier alpha value is -3.11. The number of benzene rings is 1. The highest BCUT2D eigenvalue weighted by Crippen LogP contribution is 2.27. The van der Waals surface area contributed by atoms with Crippen molar-refractivity contribution in [2.45, 2.75) is 25.5 Å². The third-order valence-electron chi connectivity index (χ3n) is 3.18. The van der Waals surface area contributed by atoms with Crippen molar-refractivity contribution in [1.82, 2.24) is 16.0 Å². The summed E-state index contributed by atoms with van der Waals surface area (Å²) in [6.45, 7) is 0.737. The summed E-state index contributed by atoms with van der Waals surface area (Å²) in [6, 6.07) is 3.15. The van der Waals surface area contributed by atoms with Gasteiger partial charge in [0, 0.05) is 31.4 Å². The normalized spacial score (nSPS) is 18.8. The number of rotatable bonds is 5. The summed E-state index contributed by atoms with van der Waals surface area (Å²) in [7, 11) is 0. The van der Waals surface area contributed by atoms with Crippen molar-refractivity contribution in [3.8, 4) is 5.75 Å². The molecule has 2 rings (SSSR count). The zero-order valence-electron chi connectivity index (χ0n) is 13.4. The van der Waals surface area contributed by atoms with Gasteiger partial charge in [-0.05, 0) is 6.07 Å². The fourth-order valence-electron chi connectivity index (χ4n) is 2.14. The monoisotopic (exact) mass is 374 g/mol. The molecule has 0 fully saturated rings. The summed E-state index contributed by atoms with van der Waals surface area (Å²) in [4.78, 5) is 27.5. The largest absolute Gasteiger partial charge is 0.573 e. The Labute approximate surface area is 145 Å². The van der Waals surface area contributed by atoms with Crippen molar-refractivity contribution in [2.24, 2.45) is 4.99 Å². The number of hydrogen-bond donors (Lipinski definition) is 3. The van der Waals surface area contributed by atoms with Crippen LogP contribution in [0.4, 0.5) is 17.6 Å². The van der Waals surface area contributed by atoms with E-state index in [4.69, 9.17) is 0 Å². The Morgan fingerprint density at radius 3 is 2.65 bits per heavy atom. The molecular formula is C15H14F4N4O3. The maximum atomic E-state index is 14.1. The molecule has 1 aromatic rings. The smallest absolute Gasteiger partial charge is 0.403 e. The van der Waals surface area contributed by atoms with Crippen LogP contribution in [0.3, 0.4) is 0 Å². The van der Waals surface area contributed by atoms with Gasteiger partial charge in [-0.15, -0.1) is 13.2 Å². The third-order valence-corrected chi connectivity index (χ3v) is 3.18. The molecule has 140 valence electrons. The molecule has 1 atom stereocenters. The second kappa shape index (κ2) is 7.42. The molecule has 0 bridgehead atoms. The maximum absolute atomic E-state index is 14.1. The summed E-state index contributed by atoms with van der Waals surface area (Å²) in [5, 5.41) is 7.30. The lowest BCUT2D eigenvalue weighted by atomic mass is 10.1. The van der Waals surface area contributed by atoms with E-state index < -0.39 is 42.0 Å². The van der Waals surface area contributed by atoms with Crippen molar-refractivity contribution >= 4 is 18.0 Å². The van der Waals surface area contributed by atoms with E-state index in [0.717, 1.165) is 18.3 Å². The Morgan fingerprint density at radius 2 is 2.08 bits per heavy atom. The van der Waals surface area contributed by atoms with Gasteiger partial charge in [-0.25, -0.2) is 4.39 Å². The van der Waals surface area contributed by atoms with Gasteiger partial charge < -0.3 is 20.7 Å². The van der Waals surface area contributed by atoms with Crippen molar-refractivity contribution in [3.05, 3.63) is 42.0 Å². The lowest BCUT2D eigenvalue weighted by Crippen LogP contribution is -2.67. The van der Waals surface area contributed by atoms with Crippen LogP contribution in [0, 0.1) is 5.82 Å². The predicted octanol–water partition coefficient (Wildman–Crippen LogP) is 1.32. The first kappa shape index (κ1) is 19.2. The average molecular weight is 374 g/mol. The minimum absolute atomic E-state index is 0.235. The second-order valence-corrected chi connectivity index (χ2v) is 5.19. The van der Waals surface area contributed by atoms with E-state index in [1.807, 2.05) is 0 Å². The van der Waals surface area contributed by atoms with E-state index in [2.05, 4.69) is 25.7 Å². The molecule has 7 nitrogen and oxygen atoms in total. The highest BCUT2D eigenvalue weighted by atomic mass is 19.4. The number of nitrogens with zero attached hydrogens (tertiary/aromatic N) is 1. The number of amides is 2. The molecule has 0 aromatic heterocycles. The fraction of sp³-hybridized carbons (Fsp3) is 0.267. The van der Waals surface area contributed by atoms with E-state index in [9.17, 15) is 27.2 Å². The molecule has 1 heterocycles. The minimum atomic E-state index is -5.05.